The highest BCUT2D eigenvalue weighted by Gasteiger charge is 2.15. The average Bonchev–Trinajstić information content (AvgIpc) is 3.25. The summed E-state index contributed by atoms with van der Waals surface area (Å²) in [5, 5.41) is 6.45. The summed E-state index contributed by atoms with van der Waals surface area (Å²) < 4.78 is 10.3. The van der Waals surface area contributed by atoms with E-state index in [1.54, 1.807) is 55.5 Å². The first-order valence-electron chi connectivity index (χ1n) is 10.8. The van der Waals surface area contributed by atoms with Crippen LogP contribution in [0, 0.1) is 0 Å². The second-order valence-electron chi connectivity index (χ2n) is 7.67. The van der Waals surface area contributed by atoms with Gasteiger partial charge in [-0.05, 0) is 55.5 Å². The van der Waals surface area contributed by atoms with E-state index in [-0.39, 0.29) is 18.4 Å². The summed E-state index contributed by atoms with van der Waals surface area (Å²) in [5.74, 6) is -0.799. The van der Waals surface area contributed by atoms with Crippen LogP contribution in [0.5, 0.6) is 0 Å². The van der Waals surface area contributed by atoms with Crippen LogP contribution in [0.1, 0.15) is 27.8 Å². The van der Waals surface area contributed by atoms with Gasteiger partial charge in [0, 0.05) is 40.9 Å². The summed E-state index contributed by atoms with van der Waals surface area (Å²) in [6.45, 7) is 5.14. The number of amides is 2. The summed E-state index contributed by atoms with van der Waals surface area (Å²) in [4.78, 5) is 41.8. The molecular weight excluding hydrogens is 424 g/mol. The number of carbonyl (C=O) groups is 3. The van der Waals surface area contributed by atoms with Crippen molar-refractivity contribution in [3.8, 4) is 0 Å². The number of nitrogens with zero attached hydrogens (tertiary/aromatic N) is 1. The predicted octanol–water partition coefficient (Wildman–Crippen LogP) is 2.87. The first kappa shape index (κ1) is 22.5. The van der Waals surface area contributed by atoms with Crippen molar-refractivity contribution in [2.75, 3.05) is 50.1 Å². The summed E-state index contributed by atoms with van der Waals surface area (Å²) in [5.41, 5.74) is 2.81. The zero-order chi connectivity index (χ0) is 23.2. The number of nitrogens with one attached hydrogen (secondary N) is 3. The lowest BCUT2D eigenvalue weighted by Crippen LogP contribution is -2.41. The van der Waals surface area contributed by atoms with E-state index in [0.717, 1.165) is 24.0 Å². The van der Waals surface area contributed by atoms with Gasteiger partial charge in [-0.3, -0.25) is 14.5 Å². The molecule has 0 saturated carbocycles. The minimum absolute atomic E-state index is 0.0873. The van der Waals surface area contributed by atoms with E-state index >= 15 is 0 Å². The first-order valence-corrected chi connectivity index (χ1v) is 10.8. The van der Waals surface area contributed by atoms with Crippen LogP contribution < -0.4 is 10.6 Å². The Morgan fingerprint density at radius 3 is 2.39 bits per heavy atom. The number of ether oxygens (including phenoxy) is 2. The topological polar surface area (TPSA) is 113 Å². The van der Waals surface area contributed by atoms with Crippen LogP contribution in [0.15, 0.2) is 48.5 Å². The number of anilines is 2. The van der Waals surface area contributed by atoms with E-state index in [0.29, 0.717) is 42.4 Å². The van der Waals surface area contributed by atoms with Crippen molar-refractivity contribution in [2.45, 2.75) is 6.92 Å². The molecule has 0 atom stereocenters. The predicted molar refractivity (Wildman–Crippen MR) is 125 cm³/mol. The molecular formula is C24H26N4O5. The Labute approximate surface area is 191 Å². The van der Waals surface area contributed by atoms with Crippen molar-refractivity contribution in [3.63, 3.8) is 0 Å². The van der Waals surface area contributed by atoms with Gasteiger partial charge in [-0.25, -0.2) is 4.79 Å². The number of H-pyrrole nitrogens is 1. The Hall–Kier alpha value is -3.69. The van der Waals surface area contributed by atoms with Crippen LogP contribution in [0.2, 0.25) is 0 Å². The summed E-state index contributed by atoms with van der Waals surface area (Å²) in [6, 6.07) is 13.8. The van der Waals surface area contributed by atoms with Crippen LogP contribution in [-0.4, -0.2) is 67.1 Å². The third-order valence-corrected chi connectivity index (χ3v) is 5.28. The maximum atomic E-state index is 12.7. The molecule has 4 rings (SSSR count). The normalized spacial score (nSPS) is 14.1. The van der Waals surface area contributed by atoms with E-state index in [2.05, 4.69) is 15.6 Å². The van der Waals surface area contributed by atoms with Gasteiger partial charge in [0.05, 0.1) is 26.4 Å². The second kappa shape index (κ2) is 10.3. The number of aromatic nitrogens is 1. The Kier molecular flexibility index (Phi) is 7.01. The number of rotatable bonds is 7. The lowest BCUT2D eigenvalue weighted by Gasteiger charge is -2.25. The van der Waals surface area contributed by atoms with E-state index in [1.807, 2.05) is 4.90 Å². The second-order valence-corrected chi connectivity index (χ2v) is 7.67. The molecule has 1 aromatic heterocycles. The highest BCUT2D eigenvalue weighted by Crippen LogP contribution is 2.20. The van der Waals surface area contributed by atoms with E-state index in [4.69, 9.17) is 9.47 Å². The number of benzene rings is 2. The van der Waals surface area contributed by atoms with Crippen molar-refractivity contribution in [3.05, 3.63) is 59.8 Å². The molecule has 1 aliphatic heterocycles. The molecule has 2 aromatic carbocycles. The standard InChI is InChI=1S/C24H26N4O5/c1-2-33-24(31)21-14-17-13-16(3-8-20(17)27-21)23(30)26-19-6-4-18(5-7-19)25-22(29)15-28-9-11-32-12-10-28/h3-8,13-14,27H,2,9-12,15H2,1H3,(H,25,29)(H,26,30). The molecule has 33 heavy (non-hydrogen) atoms. The average molecular weight is 450 g/mol. The van der Waals surface area contributed by atoms with Gasteiger partial charge in [-0.1, -0.05) is 0 Å². The van der Waals surface area contributed by atoms with Gasteiger partial charge in [0.1, 0.15) is 5.69 Å². The molecule has 9 nitrogen and oxygen atoms in total. The Balaban J connectivity index is 1.35. The number of morpholine rings is 1. The van der Waals surface area contributed by atoms with Crippen molar-refractivity contribution >= 4 is 40.1 Å². The van der Waals surface area contributed by atoms with E-state index in [9.17, 15) is 14.4 Å². The highest BCUT2D eigenvalue weighted by atomic mass is 16.5. The Bertz CT molecular complexity index is 1150. The number of hydrogen-bond acceptors (Lipinski definition) is 6. The maximum absolute atomic E-state index is 12.7. The summed E-state index contributed by atoms with van der Waals surface area (Å²) >= 11 is 0. The number of hydrogen-bond donors (Lipinski definition) is 3. The van der Waals surface area contributed by atoms with Gasteiger partial charge in [0.25, 0.3) is 5.91 Å². The molecule has 0 bridgehead atoms. The van der Waals surface area contributed by atoms with Crippen LogP contribution >= 0.6 is 0 Å². The summed E-state index contributed by atoms with van der Waals surface area (Å²) in [7, 11) is 0. The molecule has 1 saturated heterocycles. The van der Waals surface area contributed by atoms with Crippen molar-refractivity contribution in [1.82, 2.24) is 9.88 Å². The smallest absolute Gasteiger partial charge is 0.354 e. The fraction of sp³-hybridized carbons (Fsp3) is 0.292. The molecule has 0 aliphatic carbocycles. The van der Waals surface area contributed by atoms with Crippen molar-refractivity contribution < 1.29 is 23.9 Å². The SMILES string of the molecule is CCOC(=O)c1cc2cc(C(=O)Nc3ccc(NC(=O)CN4CCOCC4)cc3)ccc2[nH]1. The fourth-order valence-electron chi connectivity index (χ4n) is 3.60. The lowest BCUT2D eigenvalue weighted by atomic mass is 10.1. The van der Waals surface area contributed by atoms with Crippen molar-refractivity contribution in [2.24, 2.45) is 0 Å². The molecule has 3 aromatic rings. The van der Waals surface area contributed by atoms with Gasteiger partial charge in [-0.15, -0.1) is 0 Å². The highest BCUT2D eigenvalue weighted by molar-refractivity contribution is 6.07. The van der Waals surface area contributed by atoms with Crippen LogP contribution in [0.3, 0.4) is 0 Å². The molecule has 0 radical (unpaired) electrons. The molecule has 1 fully saturated rings. The molecule has 2 heterocycles. The van der Waals surface area contributed by atoms with Crippen LogP contribution in [0.25, 0.3) is 10.9 Å². The molecule has 2 amide bonds. The molecule has 3 N–H and O–H groups in total. The van der Waals surface area contributed by atoms with Crippen LogP contribution in [0.4, 0.5) is 11.4 Å². The zero-order valence-corrected chi connectivity index (χ0v) is 18.3. The van der Waals surface area contributed by atoms with Gasteiger partial charge in [0.15, 0.2) is 0 Å². The number of carbonyl (C=O) groups excluding carboxylic acids is 3. The maximum Gasteiger partial charge on any atom is 0.354 e. The number of esters is 1. The molecule has 9 heteroatoms. The Morgan fingerprint density at radius 2 is 1.70 bits per heavy atom. The largest absolute Gasteiger partial charge is 0.461 e. The van der Waals surface area contributed by atoms with Gasteiger partial charge >= 0.3 is 5.97 Å². The van der Waals surface area contributed by atoms with Gasteiger partial charge < -0.3 is 25.1 Å². The number of aromatic amines is 1. The molecule has 0 unspecified atom stereocenters. The minimum atomic E-state index is -0.433. The third kappa shape index (κ3) is 5.76. The van der Waals surface area contributed by atoms with Gasteiger partial charge in [-0.2, -0.15) is 0 Å². The monoisotopic (exact) mass is 450 g/mol. The zero-order valence-electron chi connectivity index (χ0n) is 18.3. The molecule has 1 aliphatic rings. The first-order chi connectivity index (χ1) is 16.0. The van der Waals surface area contributed by atoms with E-state index in [1.165, 1.54) is 0 Å². The molecule has 0 spiro atoms. The Morgan fingerprint density at radius 1 is 1.00 bits per heavy atom. The lowest BCUT2D eigenvalue weighted by molar-refractivity contribution is -0.118. The minimum Gasteiger partial charge on any atom is -0.461 e. The van der Waals surface area contributed by atoms with Gasteiger partial charge in [0.2, 0.25) is 5.91 Å². The molecule has 172 valence electrons. The fourth-order valence-corrected chi connectivity index (χ4v) is 3.60. The quantitative estimate of drug-likeness (QED) is 0.477. The third-order valence-electron chi connectivity index (χ3n) is 5.28. The summed E-state index contributed by atoms with van der Waals surface area (Å²) in [6.07, 6.45) is 0. The van der Waals surface area contributed by atoms with E-state index < -0.39 is 5.97 Å². The van der Waals surface area contributed by atoms with Crippen molar-refractivity contribution in [1.29, 1.82) is 0 Å². The van der Waals surface area contributed by atoms with Crippen LogP contribution in [-0.2, 0) is 14.3 Å². The number of fused-ring (bicyclic) bond motifs is 1.